The van der Waals surface area contributed by atoms with E-state index >= 15 is 0 Å². The predicted molar refractivity (Wildman–Crippen MR) is 94.8 cm³/mol. The maximum atomic E-state index is 12.4. The van der Waals surface area contributed by atoms with E-state index in [0.29, 0.717) is 6.54 Å². The molecule has 0 radical (unpaired) electrons. The molecule has 0 saturated carbocycles. The lowest BCUT2D eigenvalue weighted by Gasteiger charge is -2.28. The van der Waals surface area contributed by atoms with Gasteiger partial charge in [-0.05, 0) is 31.5 Å². The van der Waals surface area contributed by atoms with Crippen LogP contribution in [-0.2, 0) is 17.9 Å². The van der Waals surface area contributed by atoms with Crippen LogP contribution < -0.4 is 4.74 Å². The van der Waals surface area contributed by atoms with Gasteiger partial charge in [-0.1, -0.05) is 26.0 Å². The van der Waals surface area contributed by atoms with Crippen LogP contribution in [0, 0.1) is 5.92 Å². The van der Waals surface area contributed by atoms with Gasteiger partial charge in [-0.2, -0.15) is 0 Å². The lowest BCUT2D eigenvalue weighted by molar-refractivity contribution is -0.137. The van der Waals surface area contributed by atoms with Crippen molar-refractivity contribution in [3.63, 3.8) is 0 Å². The third kappa shape index (κ3) is 4.37. The average Bonchev–Trinajstić information content (AvgIpc) is 2.99. The van der Waals surface area contributed by atoms with Crippen LogP contribution in [-0.4, -0.2) is 33.5 Å². The van der Waals surface area contributed by atoms with Crippen LogP contribution in [0.25, 0.3) is 0 Å². The molecule has 2 rings (SSSR count). The summed E-state index contributed by atoms with van der Waals surface area (Å²) < 4.78 is 7.28. The second kappa shape index (κ2) is 7.99. The van der Waals surface area contributed by atoms with Crippen LogP contribution in [0.4, 0.5) is 0 Å². The minimum atomic E-state index is -0.0163. The maximum Gasteiger partial charge on any atom is 0.225 e. The van der Waals surface area contributed by atoms with Crippen molar-refractivity contribution >= 4 is 5.91 Å². The Labute approximate surface area is 144 Å². The van der Waals surface area contributed by atoms with Crippen molar-refractivity contribution in [3.8, 4) is 5.75 Å². The van der Waals surface area contributed by atoms with Gasteiger partial charge in [-0.3, -0.25) is 4.79 Å². The average molecular weight is 329 g/mol. The standard InChI is InChI=1S/C19H27N3O2/c1-14(2)19(23)22(15(3)4)13-18-20-10-11-21(18)12-16-6-8-17(24-5)9-7-16/h6-11,14-15H,12-13H2,1-5H3. The van der Waals surface area contributed by atoms with Crippen LogP contribution in [0.5, 0.6) is 5.75 Å². The summed E-state index contributed by atoms with van der Waals surface area (Å²) in [4.78, 5) is 18.8. The Bertz CT molecular complexity index is 660. The van der Waals surface area contributed by atoms with Gasteiger partial charge in [-0.15, -0.1) is 0 Å². The van der Waals surface area contributed by atoms with Gasteiger partial charge in [0, 0.05) is 30.9 Å². The summed E-state index contributed by atoms with van der Waals surface area (Å²) in [6.07, 6.45) is 3.75. The zero-order valence-electron chi connectivity index (χ0n) is 15.2. The normalized spacial score (nSPS) is 11.1. The number of methoxy groups -OCH3 is 1. The molecule has 0 aliphatic carbocycles. The van der Waals surface area contributed by atoms with E-state index in [1.54, 1.807) is 13.3 Å². The lowest BCUT2D eigenvalue weighted by Crippen LogP contribution is -2.39. The van der Waals surface area contributed by atoms with Crippen molar-refractivity contribution in [2.45, 2.75) is 46.8 Å². The van der Waals surface area contributed by atoms with Crippen LogP contribution in [0.15, 0.2) is 36.7 Å². The van der Waals surface area contributed by atoms with Gasteiger partial charge in [-0.25, -0.2) is 4.98 Å². The van der Waals surface area contributed by atoms with Gasteiger partial charge in [0.1, 0.15) is 11.6 Å². The molecule has 2 aromatic rings. The molecule has 24 heavy (non-hydrogen) atoms. The number of benzene rings is 1. The van der Waals surface area contributed by atoms with Crippen molar-refractivity contribution in [2.24, 2.45) is 5.92 Å². The quantitative estimate of drug-likeness (QED) is 0.783. The molecule has 0 unspecified atom stereocenters. The zero-order valence-corrected chi connectivity index (χ0v) is 15.2. The highest BCUT2D eigenvalue weighted by Gasteiger charge is 2.21. The largest absolute Gasteiger partial charge is 0.497 e. The van der Waals surface area contributed by atoms with Crippen molar-refractivity contribution in [2.75, 3.05) is 7.11 Å². The highest BCUT2D eigenvalue weighted by atomic mass is 16.5. The van der Waals surface area contributed by atoms with Gasteiger partial charge in [0.2, 0.25) is 5.91 Å². The smallest absolute Gasteiger partial charge is 0.225 e. The van der Waals surface area contributed by atoms with E-state index < -0.39 is 0 Å². The molecule has 0 atom stereocenters. The molecular weight excluding hydrogens is 302 g/mol. The van der Waals surface area contributed by atoms with Crippen molar-refractivity contribution < 1.29 is 9.53 Å². The van der Waals surface area contributed by atoms with Gasteiger partial charge in [0.15, 0.2) is 0 Å². The molecule has 0 aliphatic rings. The monoisotopic (exact) mass is 329 g/mol. The molecule has 0 N–H and O–H groups in total. The maximum absolute atomic E-state index is 12.4. The van der Waals surface area contributed by atoms with E-state index in [9.17, 15) is 4.79 Å². The first-order valence-corrected chi connectivity index (χ1v) is 8.35. The third-order valence-corrected chi connectivity index (χ3v) is 4.03. The highest BCUT2D eigenvalue weighted by molar-refractivity contribution is 5.78. The minimum Gasteiger partial charge on any atom is -0.497 e. The Balaban J connectivity index is 2.14. The molecule has 1 heterocycles. The van der Waals surface area contributed by atoms with Crippen molar-refractivity contribution in [1.82, 2.24) is 14.5 Å². The van der Waals surface area contributed by atoms with E-state index in [2.05, 4.69) is 9.55 Å². The third-order valence-electron chi connectivity index (χ3n) is 4.03. The number of hydrogen-bond acceptors (Lipinski definition) is 3. The molecule has 0 saturated heterocycles. The van der Waals surface area contributed by atoms with E-state index in [1.165, 1.54) is 5.56 Å². The Morgan fingerprint density at radius 3 is 2.42 bits per heavy atom. The molecule has 130 valence electrons. The number of carbonyl (C=O) groups excluding carboxylic acids is 1. The summed E-state index contributed by atoms with van der Waals surface area (Å²) >= 11 is 0. The number of imidazole rings is 1. The zero-order chi connectivity index (χ0) is 17.7. The van der Waals surface area contributed by atoms with Gasteiger partial charge in [0.25, 0.3) is 0 Å². The molecule has 0 spiro atoms. The first kappa shape index (κ1) is 18.0. The second-order valence-corrected chi connectivity index (χ2v) is 6.53. The topological polar surface area (TPSA) is 47.4 Å². The summed E-state index contributed by atoms with van der Waals surface area (Å²) in [6, 6.07) is 8.14. The first-order valence-electron chi connectivity index (χ1n) is 8.35. The van der Waals surface area contributed by atoms with Crippen LogP contribution in [0.3, 0.4) is 0 Å². The molecule has 1 amide bonds. The molecule has 1 aromatic carbocycles. The van der Waals surface area contributed by atoms with Gasteiger partial charge in [0.05, 0.1) is 13.7 Å². The van der Waals surface area contributed by atoms with E-state index in [0.717, 1.165) is 18.1 Å². The Morgan fingerprint density at radius 2 is 1.88 bits per heavy atom. The fourth-order valence-electron chi connectivity index (χ4n) is 2.56. The fourth-order valence-corrected chi connectivity index (χ4v) is 2.56. The number of ether oxygens (including phenoxy) is 1. The number of aromatic nitrogens is 2. The summed E-state index contributed by atoms with van der Waals surface area (Å²) in [5.41, 5.74) is 1.17. The molecule has 0 aliphatic heterocycles. The second-order valence-electron chi connectivity index (χ2n) is 6.53. The van der Waals surface area contributed by atoms with Crippen molar-refractivity contribution in [3.05, 3.63) is 48.0 Å². The number of hydrogen-bond donors (Lipinski definition) is 0. The molecule has 0 fully saturated rings. The van der Waals surface area contributed by atoms with Crippen molar-refractivity contribution in [1.29, 1.82) is 0 Å². The number of rotatable bonds is 7. The Morgan fingerprint density at radius 1 is 1.21 bits per heavy atom. The van der Waals surface area contributed by atoms with E-state index in [4.69, 9.17) is 4.74 Å². The van der Waals surface area contributed by atoms with Gasteiger partial charge < -0.3 is 14.2 Å². The fraction of sp³-hybridized carbons (Fsp3) is 0.474. The molecule has 5 heteroatoms. The Hall–Kier alpha value is -2.30. The lowest BCUT2D eigenvalue weighted by atomic mass is 10.1. The SMILES string of the molecule is COc1ccc(Cn2ccnc2CN(C(=O)C(C)C)C(C)C)cc1. The molecule has 5 nitrogen and oxygen atoms in total. The first-order chi connectivity index (χ1) is 11.4. The molecular formula is C19H27N3O2. The molecule has 1 aromatic heterocycles. The molecule has 0 bridgehead atoms. The minimum absolute atomic E-state index is 0.0163. The van der Waals surface area contributed by atoms with E-state index in [1.807, 2.05) is 63.1 Å². The summed E-state index contributed by atoms with van der Waals surface area (Å²) in [7, 11) is 1.66. The summed E-state index contributed by atoms with van der Waals surface area (Å²) in [5.74, 6) is 1.88. The van der Waals surface area contributed by atoms with Crippen LogP contribution in [0.2, 0.25) is 0 Å². The number of amides is 1. The summed E-state index contributed by atoms with van der Waals surface area (Å²) in [6.45, 7) is 9.19. The highest BCUT2D eigenvalue weighted by Crippen LogP contribution is 2.15. The van der Waals surface area contributed by atoms with Crippen LogP contribution in [0.1, 0.15) is 39.1 Å². The number of nitrogens with zero attached hydrogens (tertiary/aromatic N) is 3. The summed E-state index contributed by atoms with van der Waals surface area (Å²) in [5, 5.41) is 0. The van der Waals surface area contributed by atoms with Crippen LogP contribution >= 0.6 is 0 Å². The number of carbonyl (C=O) groups is 1. The van der Waals surface area contributed by atoms with Gasteiger partial charge >= 0.3 is 0 Å². The predicted octanol–water partition coefficient (Wildman–Crippen LogP) is 3.33. The Kier molecular flexibility index (Phi) is 6.01. The van der Waals surface area contributed by atoms with E-state index in [-0.39, 0.29) is 17.9 Å².